The molecule has 1 aliphatic heterocycles. The molecule has 0 N–H and O–H groups in total. The highest BCUT2D eigenvalue weighted by atomic mass is 35.5. The van der Waals surface area contributed by atoms with Crippen LogP contribution >= 0.6 is 23.4 Å². The van der Waals surface area contributed by atoms with Crippen LogP contribution in [0.4, 0.5) is 8.78 Å². The summed E-state index contributed by atoms with van der Waals surface area (Å²) >= 11 is 7.36. The molecule has 1 amide bonds. The molecule has 1 heterocycles. The predicted molar refractivity (Wildman–Crippen MR) is 99.7 cm³/mol. The molecule has 1 saturated heterocycles. The van der Waals surface area contributed by atoms with Crippen LogP contribution in [-0.2, 0) is 4.79 Å². The van der Waals surface area contributed by atoms with Gasteiger partial charge in [0, 0.05) is 34.7 Å². The number of amides is 1. The number of hydrogen-bond acceptors (Lipinski definition) is 3. The minimum atomic E-state index is -0.449. The number of carbonyl (C=O) groups is 1. The van der Waals surface area contributed by atoms with Crippen LogP contribution in [0.15, 0.2) is 42.5 Å². The van der Waals surface area contributed by atoms with Gasteiger partial charge in [0.2, 0.25) is 0 Å². The van der Waals surface area contributed by atoms with Crippen LogP contribution in [0.5, 0.6) is 5.75 Å². The van der Waals surface area contributed by atoms with Gasteiger partial charge in [-0.3, -0.25) is 4.79 Å². The average Bonchev–Trinajstić information content (AvgIpc) is 2.89. The summed E-state index contributed by atoms with van der Waals surface area (Å²) in [6.07, 6.45) is 0.567. The van der Waals surface area contributed by atoms with Crippen molar-refractivity contribution < 1.29 is 18.3 Å². The second-order valence-corrected chi connectivity index (χ2v) is 7.68. The number of benzene rings is 2. The molecular formula is C19H18ClF2NO2S. The lowest BCUT2D eigenvalue weighted by atomic mass is 10.1. The van der Waals surface area contributed by atoms with Crippen LogP contribution in [0.1, 0.15) is 17.2 Å². The fraction of sp³-hybridized carbons (Fsp3) is 0.316. The van der Waals surface area contributed by atoms with Gasteiger partial charge in [0.05, 0.1) is 0 Å². The Morgan fingerprint density at radius 1 is 1.19 bits per heavy atom. The van der Waals surface area contributed by atoms with Crippen molar-refractivity contribution in [3.63, 3.8) is 0 Å². The normalized spacial score (nSPS) is 17.7. The molecule has 138 valence electrons. The lowest BCUT2D eigenvalue weighted by molar-refractivity contribution is -0.133. The van der Waals surface area contributed by atoms with Crippen molar-refractivity contribution in [3.8, 4) is 5.75 Å². The van der Waals surface area contributed by atoms with Crippen LogP contribution in [0.3, 0.4) is 0 Å². The number of halogens is 3. The van der Waals surface area contributed by atoms with Gasteiger partial charge in [-0.2, -0.15) is 11.8 Å². The minimum Gasteiger partial charge on any atom is -0.484 e. The van der Waals surface area contributed by atoms with E-state index < -0.39 is 11.6 Å². The van der Waals surface area contributed by atoms with Gasteiger partial charge in [-0.25, -0.2) is 8.78 Å². The van der Waals surface area contributed by atoms with E-state index in [0.29, 0.717) is 41.6 Å². The van der Waals surface area contributed by atoms with Gasteiger partial charge in [0.25, 0.3) is 5.91 Å². The number of rotatable bonds is 4. The maximum atomic E-state index is 14.0. The molecule has 3 nitrogen and oxygen atoms in total. The summed E-state index contributed by atoms with van der Waals surface area (Å²) in [4.78, 5) is 14.1. The van der Waals surface area contributed by atoms with Crippen molar-refractivity contribution in [1.82, 2.24) is 4.90 Å². The van der Waals surface area contributed by atoms with Crippen molar-refractivity contribution in [3.05, 3.63) is 64.7 Å². The van der Waals surface area contributed by atoms with E-state index in [2.05, 4.69) is 0 Å². The molecule has 1 atom stereocenters. The summed E-state index contributed by atoms with van der Waals surface area (Å²) in [7, 11) is 0. The van der Waals surface area contributed by atoms with Crippen molar-refractivity contribution in [1.29, 1.82) is 0 Å². The van der Waals surface area contributed by atoms with Crippen molar-refractivity contribution in [2.45, 2.75) is 11.7 Å². The minimum absolute atomic E-state index is 0.0642. The zero-order valence-corrected chi connectivity index (χ0v) is 15.5. The predicted octanol–water partition coefficient (Wildman–Crippen LogP) is 4.70. The topological polar surface area (TPSA) is 29.5 Å². The summed E-state index contributed by atoms with van der Waals surface area (Å²) < 4.78 is 32.9. The second-order valence-electron chi connectivity index (χ2n) is 5.94. The average molecular weight is 398 g/mol. The van der Waals surface area contributed by atoms with E-state index in [0.717, 1.165) is 12.1 Å². The number of ether oxygens (including phenoxy) is 1. The molecule has 2 aromatic rings. The monoisotopic (exact) mass is 397 g/mol. The molecule has 1 fully saturated rings. The molecule has 7 heteroatoms. The molecule has 26 heavy (non-hydrogen) atoms. The molecular weight excluding hydrogens is 380 g/mol. The molecule has 0 bridgehead atoms. The largest absolute Gasteiger partial charge is 0.484 e. The highest BCUT2D eigenvalue weighted by molar-refractivity contribution is 7.99. The molecule has 2 aromatic carbocycles. The number of nitrogens with zero attached hydrogens (tertiary/aromatic N) is 1. The summed E-state index contributed by atoms with van der Waals surface area (Å²) in [5.41, 5.74) is 0.363. The molecule has 1 unspecified atom stereocenters. The van der Waals surface area contributed by atoms with E-state index in [1.807, 2.05) is 0 Å². The van der Waals surface area contributed by atoms with Gasteiger partial charge < -0.3 is 9.64 Å². The fourth-order valence-corrected chi connectivity index (χ4v) is 4.17. The maximum absolute atomic E-state index is 14.0. The zero-order valence-electron chi connectivity index (χ0n) is 14.0. The first-order valence-corrected chi connectivity index (χ1v) is 9.68. The molecule has 3 rings (SSSR count). The van der Waals surface area contributed by atoms with Crippen LogP contribution in [-0.4, -0.2) is 36.3 Å². The van der Waals surface area contributed by atoms with E-state index >= 15 is 0 Å². The zero-order chi connectivity index (χ0) is 18.5. The Bertz CT molecular complexity index is 773. The van der Waals surface area contributed by atoms with E-state index in [1.54, 1.807) is 40.9 Å². The van der Waals surface area contributed by atoms with E-state index in [1.165, 1.54) is 6.07 Å². The van der Waals surface area contributed by atoms with Crippen LogP contribution in [0.25, 0.3) is 0 Å². The Labute approximate surface area is 160 Å². The van der Waals surface area contributed by atoms with Crippen molar-refractivity contribution in [2.75, 3.05) is 25.4 Å². The summed E-state index contributed by atoms with van der Waals surface area (Å²) in [6.45, 7) is 0.975. The van der Waals surface area contributed by atoms with Gasteiger partial charge >= 0.3 is 0 Å². The van der Waals surface area contributed by atoms with Crippen molar-refractivity contribution in [2.24, 2.45) is 0 Å². The highest BCUT2D eigenvalue weighted by Gasteiger charge is 2.24. The first-order chi connectivity index (χ1) is 12.5. The van der Waals surface area contributed by atoms with Gasteiger partial charge in [-0.1, -0.05) is 11.6 Å². The van der Waals surface area contributed by atoms with E-state index in [4.69, 9.17) is 16.3 Å². The first-order valence-electron chi connectivity index (χ1n) is 8.25. The molecule has 0 aromatic heterocycles. The molecule has 0 radical (unpaired) electrons. The molecule has 0 saturated carbocycles. The highest BCUT2D eigenvalue weighted by Crippen LogP contribution is 2.36. The van der Waals surface area contributed by atoms with Crippen LogP contribution in [0, 0.1) is 11.6 Å². The Balaban J connectivity index is 1.56. The second kappa shape index (κ2) is 8.73. The quantitative estimate of drug-likeness (QED) is 0.748. The summed E-state index contributed by atoms with van der Waals surface area (Å²) in [6, 6.07) is 10.3. The molecule has 0 spiro atoms. The number of carbonyl (C=O) groups excluding carboxylic acids is 1. The third-order valence-corrected chi connectivity index (χ3v) is 5.74. The van der Waals surface area contributed by atoms with Gasteiger partial charge in [-0.15, -0.1) is 0 Å². The SMILES string of the molecule is O=C(COc1ccc(Cl)cc1)N1CCSC(c2cc(F)ccc2F)CC1. The van der Waals surface area contributed by atoms with Crippen molar-refractivity contribution >= 4 is 29.3 Å². The Morgan fingerprint density at radius 3 is 2.73 bits per heavy atom. The smallest absolute Gasteiger partial charge is 0.260 e. The van der Waals surface area contributed by atoms with Gasteiger partial charge in [-0.05, 0) is 48.9 Å². The summed E-state index contributed by atoms with van der Waals surface area (Å²) in [5, 5.41) is 0.435. The summed E-state index contributed by atoms with van der Waals surface area (Å²) in [5.74, 6) is 0.255. The fourth-order valence-electron chi connectivity index (χ4n) is 2.80. The lowest BCUT2D eigenvalue weighted by Gasteiger charge is -2.20. The Kier molecular flexibility index (Phi) is 6.38. The number of hydrogen-bond donors (Lipinski definition) is 0. The van der Waals surface area contributed by atoms with E-state index in [9.17, 15) is 13.6 Å². The lowest BCUT2D eigenvalue weighted by Crippen LogP contribution is -2.36. The van der Waals surface area contributed by atoms with E-state index in [-0.39, 0.29) is 17.8 Å². The molecule has 0 aliphatic carbocycles. The maximum Gasteiger partial charge on any atom is 0.260 e. The van der Waals surface area contributed by atoms with Crippen LogP contribution in [0.2, 0.25) is 5.02 Å². The third-order valence-electron chi connectivity index (χ3n) is 4.18. The van der Waals surface area contributed by atoms with Gasteiger partial charge in [0.1, 0.15) is 17.4 Å². The first kappa shape index (κ1) is 19.0. The van der Waals surface area contributed by atoms with Crippen LogP contribution < -0.4 is 4.74 Å². The van der Waals surface area contributed by atoms with Gasteiger partial charge in [0.15, 0.2) is 6.61 Å². The number of thioether (sulfide) groups is 1. The Hall–Kier alpha value is -1.79. The third kappa shape index (κ3) is 4.89. The standard InChI is InChI=1S/C19H18ClF2NO2S/c20-13-1-4-15(5-2-13)25-12-19(24)23-8-7-18(26-10-9-23)16-11-14(21)3-6-17(16)22/h1-6,11,18H,7-10,12H2. The molecule has 1 aliphatic rings. The Morgan fingerprint density at radius 2 is 1.96 bits per heavy atom.